The summed E-state index contributed by atoms with van der Waals surface area (Å²) < 4.78 is 0. The lowest BCUT2D eigenvalue weighted by Crippen LogP contribution is -2.12. The van der Waals surface area contributed by atoms with Gasteiger partial charge in [0.15, 0.2) is 0 Å². The number of para-hydroxylation sites is 1. The predicted octanol–water partition coefficient (Wildman–Crippen LogP) is 3.69. The van der Waals surface area contributed by atoms with Crippen molar-refractivity contribution in [2.45, 2.75) is 25.3 Å². The van der Waals surface area contributed by atoms with E-state index in [1.807, 2.05) is 6.20 Å². The van der Waals surface area contributed by atoms with E-state index in [9.17, 15) is 0 Å². The molecule has 3 saturated carbocycles. The Bertz CT molecular complexity index is 629. The molecule has 0 saturated heterocycles. The molecule has 3 fully saturated rings. The van der Waals surface area contributed by atoms with Crippen molar-refractivity contribution in [1.29, 1.82) is 0 Å². The monoisotopic (exact) mass is 250 g/mol. The molecule has 19 heavy (non-hydrogen) atoms. The maximum atomic E-state index is 4.44. The van der Waals surface area contributed by atoms with Crippen LogP contribution in [0.4, 0.5) is 5.69 Å². The van der Waals surface area contributed by atoms with Crippen LogP contribution in [-0.4, -0.2) is 11.0 Å². The molecular formula is C17H18N2. The average molecular weight is 250 g/mol. The molecule has 1 heterocycles. The van der Waals surface area contributed by atoms with E-state index < -0.39 is 0 Å². The van der Waals surface area contributed by atoms with Gasteiger partial charge in [0.2, 0.25) is 0 Å². The lowest BCUT2D eigenvalue weighted by Gasteiger charge is -2.13. The third kappa shape index (κ3) is 1.35. The van der Waals surface area contributed by atoms with E-state index in [-0.39, 0.29) is 0 Å². The van der Waals surface area contributed by atoms with Crippen LogP contribution in [0.15, 0.2) is 36.5 Å². The molecule has 0 amide bonds. The first-order valence-electron chi connectivity index (χ1n) is 7.52. The van der Waals surface area contributed by atoms with Gasteiger partial charge >= 0.3 is 0 Å². The molecule has 3 aliphatic rings. The highest BCUT2D eigenvalue weighted by molar-refractivity contribution is 5.91. The van der Waals surface area contributed by atoms with E-state index in [1.165, 1.54) is 30.3 Å². The first-order valence-corrected chi connectivity index (χ1v) is 7.52. The van der Waals surface area contributed by atoms with Gasteiger partial charge in [0.1, 0.15) is 0 Å². The minimum atomic E-state index is 0.747. The van der Waals surface area contributed by atoms with Gasteiger partial charge < -0.3 is 5.32 Å². The summed E-state index contributed by atoms with van der Waals surface area (Å²) >= 11 is 0. The van der Waals surface area contributed by atoms with Crippen molar-refractivity contribution >= 4 is 16.6 Å². The van der Waals surface area contributed by atoms with Crippen molar-refractivity contribution in [2.75, 3.05) is 5.32 Å². The Kier molecular flexibility index (Phi) is 1.89. The topological polar surface area (TPSA) is 24.9 Å². The molecule has 2 heteroatoms. The summed E-state index contributed by atoms with van der Waals surface area (Å²) in [6.07, 6.45) is 6.42. The molecule has 96 valence electrons. The van der Waals surface area contributed by atoms with Crippen LogP contribution in [0.2, 0.25) is 0 Å². The van der Waals surface area contributed by atoms with Crippen LogP contribution < -0.4 is 5.32 Å². The largest absolute Gasteiger partial charge is 0.381 e. The minimum Gasteiger partial charge on any atom is -0.381 e. The Balaban J connectivity index is 1.48. The Morgan fingerprint density at radius 1 is 1.00 bits per heavy atom. The lowest BCUT2D eigenvalue weighted by molar-refractivity contribution is 0.456. The molecule has 1 N–H and O–H groups in total. The number of anilines is 1. The van der Waals surface area contributed by atoms with Crippen LogP contribution in [0.3, 0.4) is 0 Å². The van der Waals surface area contributed by atoms with Gasteiger partial charge in [-0.2, -0.15) is 0 Å². The normalized spacial score (nSPS) is 38.4. The summed E-state index contributed by atoms with van der Waals surface area (Å²) in [6.45, 7) is 0. The first-order chi connectivity index (χ1) is 9.42. The van der Waals surface area contributed by atoms with Gasteiger partial charge in [-0.15, -0.1) is 0 Å². The van der Waals surface area contributed by atoms with Gasteiger partial charge in [-0.1, -0.05) is 18.2 Å². The summed E-state index contributed by atoms with van der Waals surface area (Å²) in [5, 5.41) is 5.09. The number of pyridine rings is 1. The predicted molar refractivity (Wildman–Crippen MR) is 77.0 cm³/mol. The molecular weight excluding hydrogens is 232 g/mol. The minimum absolute atomic E-state index is 0.747. The van der Waals surface area contributed by atoms with E-state index in [0.29, 0.717) is 0 Å². The zero-order chi connectivity index (χ0) is 12.4. The van der Waals surface area contributed by atoms with Crippen molar-refractivity contribution in [3.63, 3.8) is 0 Å². The number of hydrogen-bond acceptors (Lipinski definition) is 2. The number of aromatic nitrogens is 1. The van der Waals surface area contributed by atoms with E-state index in [2.05, 4.69) is 40.6 Å². The van der Waals surface area contributed by atoms with Gasteiger partial charge in [0.25, 0.3) is 0 Å². The summed E-state index contributed by atoms with van der Waals surface area (Å²) in [6, 6.07) is 11.3. The van der Waals surface area contributed by atoms with Crippen LogP contribution in [-0.2, 0) is 0 Å². The maximum Gasteiger partial charge on any atom is 0.0722 e. The second kappa shape index (κ2) is 3.50. The molecule has 4 unspecified atom stereocenters. The molecule has 0 aliphatic heterocycles. The number of hydrogen-bond donors (Lipinski definition) is 1. The highest BCUT2D eigenvalue weighted by Crippen LogP contribution is 2.66. The molecule has 2 aromatic rings. The van der Waals surface area contributed by atoms with Crippen LogP contribution >= 0.6 is 0 Å². The zero-order valence-electron chi connectivity index (χ0n) is 10.9. The van der Waals surface area contributed by atoms with Gasteiger partial charge in [-0.3, -0.25) is 4.98 Å². The first kappa shape index (κ1) is 10.2. The Morgan fingerprint density at radius 2 is 1.79 bits per heavy atom. The standard InChI is InChI=1S/C17H18N2/c1-2-4-13-12(3-1)14(7-8-18-13)19-17-15-10-5-6-11(9-10)16(15)17/h1-4,7-8,10-11,15-17H,5-6,9H2,(H,18,19). The molecule has 0 spiro atoms. The second-order valence-corrected chi connectivity index (χ2v) is 6.53. The van der Waals surface area contributed by atoms with Crippen molar-refractivity contribution in [3.8, 4) is 0 Å². The smallest absolute Gasteiger partial charge is 0.0722 e. The third-order valence-corrected chi connectivity index (χ3v) is 5.71. The summed E-state index contributed by atoms with van der Waals surface area (Å²) in [4.78, 5) is 4.44. The van der Waals surface area contributed by atoms with Crippen molar-refractivity contribution in [1.82, 2.24) is 4.98 Å². The lowest BCUT2D eigenvalue weighted by atomic mass is 10.0. The van der Waals surface area contributed by atoms with E-state index >= 15 is 0 Å². The van der Waals surface area contributed by atoms with Crippen LogP contribution in [0.25, 0.3) is 10.9 Å². The van der Waals surface area contributed by atoms with Crippen molar-refractivity contribution in [2.24, 2.45) is 23.7 Å². The molecule has 4 atom stereocenters. The average Bonchev–Trinajstić information content (AvgIpc) is 2.84. The number of nitrogens with one attached hydrogen (secondary N) is 1. The number of benzene rings is 1. The third-order valence-electron chi connectivity index (χ3n) is 5.71. The van der Waals surface area contributed by atoms with E-state index in [1.54, 1.807) is 0 Å². The number of fused-ring (bicyclic) bond motifs is 6. The van der Waals surface area contributed by atoms with Crippen LogP contribution in [0.5, 0.6) is 0 Å². The molecule has 1 aromatic carbocycles. The fourth-order valence-electron chi connectivity index (χ4n) is 4.92. The highest BCUT2D eigenvalue weighted by atomic mass is 15.0. The zero-order valence-corrected chi connectivity index (χ0v) is 10.9. The Morgan fingerprint density at radius 3 is 2.63 bits per heavy atom. The fourth-order valence-corrected chi connectivity index (χ4v) is 4.92. The quantitative estimate of drug-likeness (QED) is 0.879. The summed E-state index contributed by atoms with van der Waals surface area (Å²) in [5.74, 6) is 4.01. The second-order valence-electron chi connectivity index (χ2n) is 6.53. The van der Waals surface area contributed by atoms with Gasteiger partial charge in [0, 0.05) is 23.3 Å². The van der Waals surface area contributed by atoms with Gasteiger partial charge in [-0.25, -0.2) is 0 Å². The SMILES string of the molecule is c1ccc2c(NC3C4C5CCC(C5)C34)ccnc2c1. The van der Waals surface area contributed by atoms with Crippen LogP contribution in [0.1, 0.15) is 19.3 Å². The molecule has 3 aliphatic carbocycles. The van der Waals surface area contributed by atoms with Crippen molar-refractivity contribution in [3.05, 3.63) is 36.5 Å². The summed E-state index contributed by atoms with van der Waals surface area (Å²) in [5.41, 5.74) is 2.38. The fraction of sp³-hybridized carbons (Fsp3) is 0.471. The van der Waals surface area contributed by atoms with E-state index in [0.717, 1.165) is 35.2 Å². The molecule has 2 bridgehead atoms. The molecule has 1 aromatic heterocycles. The van der Waals surface area contributed by atoms with Crippen molar-refractivity contribution < 1.29 is 0 Å². The molecule has 2 nitrogen and oxygen atoms in total. The maximum absolute atomic E-state index is 4.44. The van der Waals surface area contributed by atoms with Gasteiger partial charge in [-0.05, 0) is 55.1 Å². The highest BCUT2D eigenvalue weighted by Gasteiger charge is 2.65. The number of nitrogens with zero attached hydrogens (tertiary/aromatic N) is 1. The summed E-state index contributed by atoms with van der Waals surface area (Å²) in [7, 11) is 0. The van der Waals surface area contributed by atoms with E-state index in [4.69, 9.17) is 0 Å². The van der Waals surface area contributed by atoms with Gasteiger partial charge in [0.05, 0.1) is 5.52 Å². The Hall–Kier alpha value is -1.57. The van der Waals surface area contributed by atoms with Crippen LogP contribution in [0, 0.1) is 23.7 Å². The molecule has 0 radical (unpaired) electrons. The Labute approximate surface area is 113 Å². The number of rotatable bonds is 2. The molecule has 5 rings (SSSR count).